The summed E-state index contributed by atoms with van der Waals surface area (Å²) in [6.07, 6.45) is 0.392. The van der Waals surface area contributed by atoms with Crippen molar-refractivity contribution in [1.29, 1.82) is 0 Å². The van der Waals surface area contributed by atoms with Crippen molar-refractivity contribution in [2.45, 2.75) is 34.1 Å². The Morgan fingerprint density at radius 2 is 1.79 bits per heavy atom. The van der Waals surface area contributed by atoms with Crippen LogP contribution in [0.5, 0.6) is 11.5 Å². The smallest absolute Gasteiger partial charge is 0.309 e. The molecule has 0 saturated carbocycles. The van der Waals surface area contributed by atoms with E-state index in [9.17, 15) is 9.90 Å². The Kier molecular flexibility index (Phi) is 4.45. The summed E-state index contributed by atoms with van der Waals surface area (Å²) < 4.78 is 10.8. The average Bonchev–Trinajstić information content (AvgIpc) is 2.33. The summed E-state index contributed by atoms with van der Waals surface area (Å²) in [4.78, 5) is 11.3. The molecule has 0 aliphatic heterocycles. The van der Waals surface area contributed by atoms with Crippen LogP contribution in [0.4, 0.5) is 0 Å². The maximum atomic E-state index is 11.3. The minimum absolute atomic E-state index is 0.392. The molecule has 106 valence electrons. The van der Waals surface area contributed by atoms with Gasteiger partial charge < -0.3 is 14.6 Å². The molecule has 4 heteroatoms. The van der Waals surface area contributed by atoms with Crippen LogP contribution in [0, 0.1) is 19.3 Å². The van der Waals surface area contributed by atoms with Crippen LogP contribution in [0.1, 0.15) is 30.5 Å². The lowest BCUT2D eigenvalue weighted by Gasteiger charge is -2.23. The molecule has 0 radical (unpaired) electrons. The molecule has 0 amide bonds. The van der Waals surface area contributed by atoms with Gasteiger partial charge in [0.15, 0.2) is 0 Å². The Labute approximate surface area is 114 Å². The highest BCUT2D eigenvalue weighted by atomic mass is 16.5. The van der Waals surface area contributed by atoms with Crippen molar-refractivity contribution >= 4 is 5.97 Å². The van der Waals surface area contributed by atoms with Gasteiger partial charge in [0.25, 0.3) is 0 Å². The average molecular weight is 266 g/mol. The van der Waals surface area contributed by atoms with E-state index in [-0.39, 0.29) is 0 Å². The Balaban J connectivity index is 3.34. The molecule has 1 aromatic carbocycles. The first-order valence-corrected chi connectivity index (χ1v) is 6.19. The van der Waals surface area contributed by atoms with Gasteiger partial charge >= 0.3 is 5.97 Å². The van der Waals surface area contributed by atoms with Crippen LogP contribution >= 0.6 is 0 Å². The van der Waals surface area contributed by atoms with E-state index in [1.54, 1.807) is 28.1 Å². The zero-order chi connectivity index (χ0) is 14.8. The van der Waals surface area contributed by atoms with Gasteiger partial charge in [-0.1, -0.05) is 0 Å². The first-order chi connectivity index (χ1) is 8.74. The second-order valence-electron chi connectivity index (χ2n) is 5.39. The molecular weight excluding hydrogens is 244 g/mol. The summed E-state index contributed by atoms with van der Waals surface area (Å²) in [5.74, 6) is 0.675. The van der Waals surface area contributed by atoms with E-state index in [2.05, 4.69) is 0 Å². The molecule has 0 fully saturated rings. The maximum absolute atomic E-state index is 11.3. The largest absolute Gasteiger partial charge is 0.496 e. The van der Waals surface area contributed by atoms with Crippen LogP contribution in [0.25, 0.3) is 0 Å². The highest BCUT2D eigenvalue weighted by molar-refractivity contribution is 5.74. The van der Waals surface area contributed by atoms with Gasteiger partial charge in [-0.2, -0.15) is 0 Å². The van der Waals surface area contributed by atoms with Crippen LogP contribution in [-0.4, -0.2) is 25.3 Å². The predicted octanol–water partition coefficient (Wildman–Crippen LogP) is 2.97. The van der Waals surface area contributed by atoms with Gasteiger partial charge in [0.05, 0.1) is 19.6 Å². The predicted molar refractivity (Wildman–Crippen MR) is 74.1 cm³/mol. The standard InChI is InChI=1S/C15H22O4/c1-9-10(2)13(19-6)11(7-12(9)18-5)8-15(3,4)14(16)17/h7H,8H2,1-6H3,(H,16,17). The summed E-state index contributed by atoms with van der Waals surface area (Å²) in [6, 6.07) is 1.87. The molecule has 1 N–H and O–H groups in total. The topological polar surface area (TPSA) is 55.8 Å². The number of benzene rings is 1. The van der Waals surface area contributed by atoms with Gasteiger partial charge in [-0.3, -0.25) is 4.79 Å². The fourth-order valence-electron chi connectivity index (χ4n) is 2.11. The number of ether oxygens (including phenoxy) is 2. The highest BCUT2D eigenvalue weighted by Crippen LogP contribution is 2.36. The zero-order valence-corrected chi connectivity index (χ0v) is 12.5. The van der Waals surface area contributed by atoms with Crippen molar-refractivity contribution < 1.29 is 19.4 Å². The monoisotopic (exact) mass is 266 g/mol. The second kappa shape index (κ2) is 5.51. The number of aliphatic carboxylic acids is 1. The van der Waals surface area contributed by atoms with Crippen molar-refractivity contribution in [3.05, 3.63) is 22.8 Å². The molecule has 0 aromatic heterocycles. The maximum Gasteiger partial charge on any atom is 0.309 e. The fourth-order valence-corrected chi connectivity index (χ4v) is 2.11. The minimum atomic E-state index is -0.847. The number of hydrogen-bond acceptors (Lipinski definition) is 3. The van der Waals surface area contributed by atoms with E-state index < -0.39 is 11.4 Å². The highest BCUT2D eigenvalue weighted by Gasteiger charge is 2.29. The van der Waals surface area contributed by atoms with Gasteiger partial charge in [0, 0.05) is 0 Å². The van der Waals surface area contributed by atoms with Gasteiger partial charge in [-0.15, -0.1) is 0 Å². The van der Waals surface area contributed by atoms with Crippen LogP contribution in [-0.2, 0) is 11.2 Å². The zero-order valence-electron chi connectivity index (χ0n) is 12.5. The van der Waals surface area contributed by atoms with Crippen molar-refractivity contribution in [3.8, 4) is 11.5 Å². The quantitative estimate of drug-likeness (QED) is 0.890. The fraction of sp³-hybridized carbons (Fsp3) is 0.533. The molecule has 19 heavy (non-hydrogen) atoms. The molecular formula is C15H22O4. The second-order valence-corrected chi connectivity index (χ2v) is 5.39. The number of carbonyl (C=O) groups is 1. The molecule has 4 nitrogen and oxygen atoms in total. The van der Waals surface area contributed by atoms with E-state index >= 15 is 0 Å². The molecule has 1 aromatic rings. The number of rotatable bonds is 5. The van der Waals surface area contributed by atoms with Crippen LogP contribution in [0.3, 0.4) is 0 Å². The molecule has 0 unspecified atom stereocenters. The molecule has 0 spiro atoms. The van der Waals surface area contributed by atoms with Crippen LogP contribution in [0.15, 0.2) is 6.07 Å². The Morgan fingerprint density at radius 1 is 1.21 bits per heavy atom. The number of carboxylic acid groups (broad SMARTS) is 1. The van der Waals surface area contributed by atoms with E-state index in [4.69, 9.17) is 9.47 Å². The summed E-state index contributed by atoms with van der Waals surface area (Å²) in [7, 11) is 3.21. The molecule has 0 saturated heterocycles. The SMILES string of the molecule is COc1cc(CC(C)(C)C(=O)O)c(OC)c(C)c1C. The van der Waals surface area contributed by atoms with Crippen molar-refractivity contribution in [2.75, 3.05) is 14.2 Å². The van der Waals surface area contributed by atoms with Crippen LogP contribution < -0.4 is 9.47 Å². The first-order valence-electron chi connectivity index (χ1n) is 6.19. The van der Waals surface area contributed by atoms with E-state index in [0.717, 1.165) is 28.2 Å². The first kappa shape index (κ1) is 15.3. The van der Waals surface area contributed by atoms with E-state index in [0.29, 0.717) is 6.42 Å². The summed E-state index contributed by atoms with van der Waals surface area (Å²) in [5, 5.41) is 9.24. The Morgan fingerprint density at radius 3 is 2.21 bits per heavy atom. The van der Waals surface area contributed by atoms with Gasteiger partial charge in [-0.05, 0) is 56.9 Å². The lowest BCUT2D eigenvalue weighted by molar-refractivity contribution is -0.146. The van der Waals surface area contributed by atoms with Crippen molar-refractivity contribution in [3.63, 3.8) is 0 Å². The molecule has 0 bridgehead atoms. The van der Waals surface area contributed by atoms with Crippen molar-refractivity contribution in [1.82, 2.24) is 0 Å². The molecule has 0 aliphatic rings. The molecule has 0 atom stereocenters. The molecule has 1 rings (SSSR count). The molecule has 0 heterocycles. The van der Waals surface area contributed by atoms with Gasteiger partial charge in [-0.25, -0.2) is 0 Å². The number of hydrogen-bond donors (Lipinski definition) is 1. The Bertz CT molecular complexity index is 489. The Hall–Kier alpha value is -1.71. The summed E-state index contributed by atoms with van der Waals surface area (Å²) in [5.41, 5.74) is 2.00. The van der Waals surface area contributed by atoms with Gasteiger partial charge in [0.2, 0.25) is 0 Å². The summed E-state index contributed by atoms with van der Waals surface area (Å²) >= 11 is 0. The lowest BCUT2D eigenvalue weighted by Crippen LogP contribution is -2.26. The van der Waals surface area contributed by atoms with E-state index in [1.807, 2.05) is 19.9 Å². The number of carboxylic acids is 1. The third kappa shape index (κ3) is 3.00. The third-order valence-corrected chi connectivity index (χ3v) is 3.51. The van der Waals surface area contributed by atoms with Gasteiger partial charge in [0.1, 0.15) is 11.5 Å². The summed E-state index contributed by atoms with van der Waals surface area (Å²) in [6.45, 7) is 7.32. The van der Waals surface area contributed by atoms with Crippen molar-refractivity contribution in [2.24, 2.45) is 5.41 Å². The van der Waals surface area contributed by atoms with Crippen LogP contribution in [0.2, 0.25) is 0 Å². The molecule has 0 aliphatic carbocycles. The lowest BCUT2D eigenvalue weighted by atomic mass is 9.84. The normalized spacial score (nSPS) is 11.3. The van der Waals surface area contributed by atoms with E-state index in [1.165, 1.54) is 0 Å². The third-order valence-electron chi connectivity index (χ3n) is 3.51. The minimum Gasteiger partial charge on any atom is -0.496 e. The number of methoxy groups -OCH3 is 2.